The predicted molar refractivity (Wildman–Crippen MR) is 109 cm³/mol. The molecule has 0 saturated carbocycles. The molecular formula is C19H26N2O3S2. The van der Waals surface area contributed by atoms with Crippen molar-refractivity contribution in [3.63, 3.8) is 0 Å². The van der Waals surface area contributed by atoms with Gasteiger partial charge in [-0.2, -0.15) is 4.99 Å². The summed E-state index contributed by atoms with van der Waals surface area (Å²) >= 11 is 1.44. The summed E-state index contributed by atoms with van der Waals surface area (Å²) in [5.41, 5.74) is 3.12. The van der Waals surface area contributed by atoms with Crippen molar-refractivity contribution >= 4 is 38.4 Å². The zero-order chi connectivity index (χ0) is 19.1. The monoisotopic (exact) mass is 394 g/mol. The van der Waals surface area contributed by atoms with Crippen molar-refractivity contribution in [2.75, 3.05) is 16.4 Å². The van der Waals surface area contributed by atoms with Gasteiger partial charge in [0.2, 0.25) is 0 Å². The molecule has 2 aliphatic rings. The molecule has 2 heterocycles. The Morgan fingerprint density at radius 2 is 1.96 bits per heavy atom. The molecule has 0 N–H and O–H groups in total. The highest BCUT2D eigenvalue weighted by atomic mass is 32.2. The van der Waals surface area contributed by atoms with Gasteiger partial charge in [-0.25, -0.2) is 8.42 Å². The summed E-state index contributed by atoms with van der Waals surface area (Å²) in [7, 11) is -3.05. The van der Waals surface area contributed by atoms with E-state index in [0.717, 1.165) is 29.7 Å². The number of carbonyl (C=O) groups excluding carboxylic acids is 1. The van der Waals surface area contributed by atoms with Crippen molar-refractivity contribution in [2.45, 2.75) is 51.8 Å². The third-order valence-corrected chi connectivity index (χ3v) is 8.44. The van der Waals surface area contributed by atoms with Gasteiger partial charge in [0.05, 0.1) is 17.5 Å². The van der Waals surface area contributed by atoms with E-state index < -0.39 is 9.84 Å². The van der Waals surface area contributed by atoms with Crippen LogP contribution >= 0.6 is 11.8 Å². The number of aryl methyl sites for hydroxylation is 2. The van der Waals surface area contributed by atoms with Crippen molar-refractivity contribution in [2.24, 2.45) is 10.9 Å². The predicted octanol–water partition coefficient (Wildman–Crippen LogP) is 3.34. The first kappa shape index (κ1) is 19.4. The number of hydrogen-bond donors (Lipinski definition) is 0. The Bertz CT molecular complexity index is 844. The van der Waals surface area contributed by atoms with Gasteiger partial charge in [-0.15, -0.1) is 0 Å². The number of hydrogen-bond acceptors (Lipinski definition) is 4. The third kappa shape index (κ3) is 3.69. The van der Waals surface area contributed by atoms with Gasteiger partial charge < -0.3 is 4.90 Å². The van der Waals surface area contributed by atoms with E-state index in [1.54, 1.807) is 0 Å². The molecule has 0 spiro atoms. The Morgan fingerprint density at radius 1 is 1.27 bits per heavy atom. The van der Waals surface area contributed by atoms with Gasteiger partial charge in [0.25, 0.3) is 5.91 Å². The van der Waals surface area contributed by atoms with Crippen LogP contribution in [0.15, 0.2) is 23.2 Å². The fourth-order valence-corrected chi connectivity index (χ4v) is 7.56. The van der Waals surface area contributed by atoms with Crippen LogP contribution in [0, 0.1) is 19.8 Å². The molecule has 1 aromatic carbocycles. The van der Waals surface area contributed by atoms with E-state index in [1.807, 2.05) is 44.7 Å². The molecule has 1 amide bonds. The van der Waals surface area contributed by atoms with Crippen LogP contribution in [0.1, 0.15) is 37.8 Å². The van der Waals surface area contributed by atoms with Crippen molar-refractivity contribution in [3.8, 4) is 0 Å². The summed E-state index contributed by atoms with van der Waals surface area (Å²) in [5, 5.41) is 0.591. The number of benzene rings is 1. The standard InChI is InChI=1S/C19H26N2O3S2/c1-5-14(6-2)18(22)20-19-21(15-9-12(3)7-8-13(15)4)16-10-26(23,24)11-17(16)25-19/h7-9,14,16-17H,5-6,10-11H2,1-4H3/t16-,17-/m0/s1. The molecule has 0 bridgehead atoms. The maximum absolute atomic E-state index is 12.6. The highest BCUT2D eigenvalue weighted by Crippen LogP contribution is 2.42. The van der Waals surface area contributed by atoms with E-state index in [4.69, 9.17) is 0 Å². The normalized spacial score (nSPS) is 25.9. The van der Waals surface area contributed by atoms with Crippen LogP contribution in [0.2, 0.25) is 0 Å². The first-order valence-corrected chi connectivity index (χ1v) is 11.8. The summed E-state index contributed by atoms with van der Waals surface area (Å²) < 4.78 is 24.3. The number of amides is 1. The molecule has 2 aliphatic heterocycles. The molecule has 0 aromatic heterocycles. The largest absolute Gasteiger partial charge is 0.315 e. The Morgan fingerprint density at radius 3 is 2.62 bits per heavy atom. The number of carbonyl (C=O) groups is 1. The molecule has 0 unspecified atom stereocenters. The molecule has 0 radical (unpaired) electrons. The maximum Gasteiger partial charge on any atom is 0.251 e. The topological polar surface area (TPSA) is 66.8 Å². The molecule has 2 saturated heterocycles. The lowest BCUT2D eigenvalue weighted by atomic mass is 10.0. The van der Waals surface area contributed by atoms with Gasteiger partial charge in [0.1, 0.15) is 0 Å². The average Bonchev–Trinajstić information content (AvgIpc) is 3.02. The second kappa shape index (κ2) is 7.35. The number of amidine groups is 1. The van der Waals surface area contributed by atoms with Crippen LogP contribution in [0.4, 0.5) is 5.69 Å². The fraction of sp³-hybridized carbons (Fsp3) is 0.579. The Balaban J connectivity index is 2.04. The summed E-state index contributed by atoms with van der Waals surface area (Å²) in [6, 6.07) is 5.97. The average molecular weight is 395 g/mol. The quantitative estimate of drug-likeness (QED) is 0.783. The lowest BCUT2D eigenvalue weighted by Gasteiger charge is -2.26. The lowest BCUT2D eigenvalue weighted by Crippen LogP contribution is -2.38. The van der Waals surface area contributed by atoms with Crippen molar-refractivity contribution < 1.29 is 13.2 Å². The molecule has 2 atom stereocenters. The molecule has 26 heavy (non-hydrogen) atoms. The molecule has 1 aromatic rings. The highest BCUT2D eigenvalue weighted by molar-refractivity contribution is 8.16. The minimum absolute atomic E-state index is 0.0619. The minimum atomic E-state index is -3.05. The van der Waals surface area contributed by atoms with Crippen molar-refractivity contribution in [1.82, 2.24) is 0 Å². The number of thioether (sulfide) groups is 1. The van der Waals surface area contributed by atoms with Gasteiger partial charge >= 0.3 is 0 Å². The molecular weight excluding hydrogens is 368 g/mol. The van der Waals surface area contributed by atoms with Crippen LogP contribution in [0.5, 0.6) is 0 Å². The van der Waals surface area contributed by atoms with E-state index in [2.05, 4.69) is 11.1 Å². The Hall–Kier alpha value is -1.34. The summed E-state index contributed by atoms with van der Waals surface area (Å²) in [5.74, 6) is 0.0985. The molecule has 2 fully saturated rings. The van der Waals surface area contributed by atoms with E-state index in [0.29, 0.717) is 5.17 Å². The van der Waals surface area contributed by atoms with Crippen LogP contribution in [-0.4, -0.2) is 42.3 Å². The van der Waals surface area contributed by atoms with Crippen LogP contribution in [0.3, 0.4) is 0 Å². The fourth-order valence-electron chi connectivity index (χ4n) is 3.65. The first-order chi connectivity index (χ1) is 12.3. The van der Waals surface area contributed by atoms with Gasteiger partial charge in [0, 0.05) is 16.9 Å². The smallest absolute Gasteiger partial charge is 0.251 e. The second-order valence-electron chi connectivity index (χ2n) is 7.21. The van der Waals surface area contributed by atoms with E-state index in [1.165, 1.54) is 11.8 Å². The molecule has 7 heteroatoms. The van der Waals surface area contributed by atoms with Gasteiger partial charge in [0.15, 0.2) is 15.0 Å². The van der Waals surface area contributed by atoms with Gasteiger partial charge in [-0.1, -0.05) is 37.7 Å². The van der Waals surface area contributed by atoms with Crippen molar-refractivity contribution in [3.05, 3.63) is 29.3 Å². The zero-order valence-electron chi connectivity index (χ0n) is 15.7. The van der Waals surface area contributed by atoms with Crippen LogP contribution < -0.4 is 4.90 Å². The SMILES string of the molecule is CCC(CC)C(=O)N=C1S[C@H]2CS(=O)(=O)C[C@@H]2N1c1cc(C)ccc1C. The highest BCUT2D eigenvalue weighted by Gasteiger charge is 2.49. The number of nitrogens with zero attached hydrogens (tertiary/aromatic N) is 2. The van der Waals surface area contributed by atoms with E-state index >= 15 is 0 Å². The molecule has 142 valence electrons. The van der Waals surface area contributed by atoms with Gasteiger partial charge in [-0.3, -0.25) is 4.79 Å². The van der Waals surface area contributed by atoms with Gasteiger partial charge in [-0.05, 0) is 43.9 Å². The maximum atomic E-state index is 12.6. The minimum Gasteiger partial charge on any atom is -0.315 e. The number of fused-ring (bicyclic) bond motifs is 1. The van der Waals surface area contributed by atoms with Crippen LogP contribution in [0.25, 0.3) is 0 Å². The Kier molecular flexibility index (Phi) is 5.49. The number of aliphatic imine (C=N–C) groups is 1. The Labute approximate surface area is 160 Å². The van der Waals surface area contributed by atoms with E-state index in [9.17, 15) is 13.2 Å². The zero-order valence-corrected chi connectivity index (χ0v) is 17.4. The third-order valence-electron chi connectivity index (χ3n) is 5.23. The van der Waals surface area contributed by atoms with Crippen LogP contribution in [-0.2, 0) is 14.6 Å². The first-order valence-electron chi connectivity index (χ1n) is 9.11. The van der Waals surface area contributed by atoms with Crippen molar-refractivity contribution in [1.29, 1.82) is 0 Å². The molecule has 0 aliphatic carbocycles. The number of anilines is 1. The molecule has 5 nitrogen and oxygen atoms in total. The lowest BCUT2D eigenvalue weighted by molar-refractivity contribution is -0.121. The number of rotatable bonds is 4. The number of sulfone groups is 1. The second-order valence-corrected chi connectivity index (χ2v) is 10.6. The molecule has 3 rings (SSSR count). The van der Waals surface area contributed by atoms with E-state index in [-0.39, 0.29) is 34.6 Å². The summed E-state index contributed by atoms with van der Waals surface area (Å²) in [6.45, 7) is 8.02. The summed E-state index contributed by atoms with van der Waals surface area (Å²) in [4.78, 5) is 19.0. The summed E-state index contributed by atoms with van der Waals surface area (Å²) in [6.07, 6.45) is 1.53.